The molecule has 0 spiro atoms. The molecule has 25 heavy (non-hydrogen) atoms. The zero-order chi connectivity index (χ0) is 17.7. The summed E-state index contributed by atoms with van der Waals surface area (Å²) in [4.78, 5) is 26.3. The van der Waals surface area contributed by atoms with Gasteiger partial charge in [-0.3, -0.25) is 9.59 Å². The molecular weight excluding hydrogens is 318 g/mol. The Balaban J connectivity index is 1.56. The van der Waals surface area contributed by atoms with Crippen molar-refractivity contribution < 1.29 is 19.4 Å². The summed E-state index contributed by atoms with van der Waals surface area (Å²) in [5, 5.41) is 9.82. The minimum absolute atomic E-state index is 0.126. The molecule has 2 heterocycles. The molecule has 2 aliphatic rings. The molecule has 1 N–H and O–H groups in total. The largest absolute Gasteiger partial charge is 0.481 e. The van der Waals surface area contributed by atoms with Gasteiger partial charge in [0.1, 0.15) is 0 Å². The van der Waals surface area contributed by atoms with Crippen molar-refractivity contribution in [2.45, 2.75) is 56.5 Å². The van der Waals surface area contributed by atoms with Crippen molar-refractivity contribution in [3.8, 4) is 0 Å². The molecule has 0 aromatic heterocycles. The number of carboxylic acid groups (broad SMARTS) is 1. The predicted octanol–water partition coefficient (Wildman–Crippen LogP) is 2.98. The topological polar surface area (TPSA) is 66.8 Å². The SMILES string of the molecule is O=C(CCC1CCCCO1)N1CCC(C(=O)O)(c2ccccc2)CC1. The van der Waals surface area contributed by atoms with Gasteiger partial charge < -0.3 is 14.7 Å². The third-order valence-electron chi connectivity index (χ3n) is 5.66. The molecule has 5 nitrogen and oxygen atoms in total. The van der Waals surface area contributed by atoms with Gasteiger partial charge in [-0.2, -0.15) is 0 Å². The van der Waals surface area contributed by atoms with E-state index in [0.717, 1.165) is 31.4 Å². The highest BCUT2D eigenvalue weighted by molar-refractivity contribution is 5.82. The molecule has 1 aromatic rings. The lowest BCUT2D eigenvalue weighted by Crippen LogP contribution is -2.49. The van der Waals surface area contributed by atoms with E-state index in [1.165, 1.54) is 6.42 Å². The molecule has 2 saturated heterocycles. The number of ether oxygens (including phenoxy) is 1. The van der Waals surface area contributed by atoms with Crippen LogP contribution in [-0.2, 0) is 19.7 Å². The Hall–Kier alpha value is -1.88. The Morgan fingerprint density at radius 3 is 2.48 bits per heavy atom. The highest BCUT2D eigenvalue weighted by Gasteiger charge is 2.43. The van der Waals surface area contributed by atoms with Crippen LogP contribution in [0.3, 0.4) is 0 Å². The number of rotatable bonds is 5. The van der Waals surface area contributed by atoms with E-state index in [4.69, 9.17) is 4.74 Å². The lowest BCUT2D eigenvalue weighted by atomic mass is 9.73. The lowest BCUT2D eigenvalue weighted by Gasteiger charge is -2.39. The molecule has 0 saturated carbocycles. The van der Waals surface area contributed by atoms with Crippen LogP contribution in [0.2, 0.25) is 0 Å². The summed E-state index contributed by atoms with van der Waals surface area (Å²) >= 11 is 0. The fourth-order valence-electron chi connectivity index (χ4n) is 4.00. The predicted molar refractivity (Wildman–Crippen MR) is 94.4 cm³/mol. The maximum atomic E-state index is 12.5. The van der Waals surface area contributed by atoms with Crippen LogP contribution in [0.5, 0.6) is 0 Å². The summed E-state index contributed by atoms with van der Waals surface area (Å²) in [5.74, 6) is -0.664. The number of carbonyl (C=O) groups excluding carboxylic acids is 1. The van der Waals surface area contributed by atoms with Crippen molar-refractivity contribution in [3.63, 3.8) is 0 Å². The van der Waals surface area contributed by atoms with Crippen LogP contribution in [0.15, 0.2) is 30.3 Å². The van der Waals surface area contributed by atoms with E-state index in [-0.39, 0.29) is 12.0 Å². The number of amides is 1. The van der Waals surface area contributed by atoms with Gasteiger partial charge >= 0.3 is 5.97 Å². The number of carboxylic acids is 1. The highest BCUT2D eigenvalue weighted by atomic mass is 16.5. The van der Waals surface area contributed by atoms with Crippen molar-refractivity contribution in [2.24, 2.45) is 0 Å². The van der Waals surface area contributed by atoms with Crippen molar-refractivity contribution in [3.05, 3.63) is 35.9 Å². The van der Waals surface area contributed by atoms with Crippen LogP contribution in [0.4, 0.5) is 0 Å². The van der Waals surface area contributed by atoms with Crippen molar-refractivity contribution >= 4 is 11.9 Å². The molecule has 3 rings (SSSR count). The van der Waals surface area contributed by atoms with Gasteiger partial charge in [-0.25, -0.2) is 0 Å². The number of hydrogen-bond acceptors (Lipinski definition) is 3. The Morgan fingerprint density at radius 1 is 1.16 bits per heavy atom. The molecule has 0 bridgehead atoms. The zero-order valence-electron chi connectivity index (χ0n) is 14.7. The second kappa shape index (κ2) is 8.00. The molecule has 0 aliphatic carbocycles. The fourth-order valence-corrected chi connectivity index (χ4v) is 4.00. The lowest BCUT2D eigenvalue weighted by molar-refractivity contribution is -0.148. The van der Waals surface area contributed by atoms with E-state index in [1.54, 1.807) is 0 Å². The highest BCUT2D eigenvalue weighted by Crippen LogP contribution is 2.36. The summed E-state index contributed by atoms with van der Waals surface area (Å²) in [5.41, 5.74) is -0.0324. The van der Waals surface area contributed by atoms with E-state index in [2.05, 4.69) is 0 Å². The Kier molecular flexibility index (Phi) is 5.74. The minimum atomic E-state index is -0.871. The Labute approximate surface area is 149 Å². The van der Waals surface area contributed by atoms with Crippen molar-refractivity contribution in [1.29, 1.82) is 0 Å². The number of benzene rings is 1. The average molecular weight is 345 g/mol. The fraction of sp³-hybridized carbons (Fsp3) is 0.600. The second-order valence-electron chi connectivity index (χ2n) is 7.16. The maximum absolute atomic E-state index is 12.5. The van der Waals surface area contributed by atoms with Crippen LogP contribution in [-0.4, -0.2) is 47.7 Å². The normalized spacial score (nSPS) is 23.2. The number of likely N-dealkylation sites (tertiary alicyclic amines) is 1. The number of hydrogen-bond donors (Lipinski definition) is 1. The number of carbonyl (C=O) groups is 2. The first-order valence-corrected chi connectivity index (χ1v) is 9.30. The molecule has 0 radical (unpaired) electrons. The Morgan fingerprint density at radius 2 is 1.88 bits per heavy atom. The van der Waals surface area contributed by atoms with Crippen LogP contribution < -0.4 is 0 Å². The van der Waals surface area contributed by atoms with E-state index in [1.807, 2.05) is 35.2 Å². The van der Waals surface area contributed by atoms with Gasteiger partial charge in [-0.15, -0.1) is 0 Å². The van der Waals surface area contributed by atoms with E-state index in [9.17, 15) is 14.7 Å². The summed E-state index contributed by atoms with van der Waals surface area (Å²) < 4.78 is 5.69. The van der Waals surface area contributed by atoms with Crippen LogP contribution in [0.25, 0.3) is 0 Å². The Bertz CT molecular complexity index is 587. The number of piperidine rings is 1. The number of nitrogens with zero attached hydrogens (tertiary/aromatic N) is 1. The molecule has 2 aliphatic heterocycles. The van der Waals surface area contributed by atoms with Gasteiger partial charge in [0.2, 0.25) is 5.91 Å². The summed E-state index contributed by atoms with van der Waals surface area (Å²) in [6.45, 7) is 1.82. The number of aliphatic carboxylic acids is 1. The van der Waals surface area contributed by atoms with Crippen LogP contribution in [0, 0.1) is 0 Å². The van der Waals surface area contributed by atoms with E-state index < -0.39 is 11.4 Å². The standard InChI is InChI=1S/C20H27NO4/c22-18(10-9-17-8-4-5-15-25-17)21-13-11-20(12-14-21,19(23)24)16-6-2-1-3-7-16/h1-3,6-7,17H,4-5,8-15H2,(H,23,24). The molecule has 2 fully saturated rings. The van der Waals surface area contributed by atoms with Gasteiger partial charge in [0.25, 0.3) is 0 Å². The first-order chi connectivity index (χ1) is 12.1. The quantitative estimate of drug-likeness (QED) is 0.891. The van der Waals surface area contributed by atoms with Crippen molar-refractivity contribution in [2.75, 3.05) is 19.7 Å². The molecule has 1 aromatic carbocycles. The minimum Gasteiger partial charge on any atom is -0.481 e. The van der Waals surface area contributed by atoms with Gasteiger partial charge in [-0.05, 0) is 44.1 Å². The zero-order valence-corrected chi connectivity index (χ0v) is 14.7. The first kappa shape index (κ1) is 17.9. The van der Waals surface area contributed by atoms with Gasteiger partial charge in [-0.1, -0.05) is 30.3 Å². The summed E-state index contributed by atoms with van der Waals surface area (Å²) in [7, 11) is 0. The first-order valence-electron chi connectivity index (χ1n) is 9.30. The maximum Gasteiger partial charge on any atom is 0.314 e. The average Bonchev–Trinajstić information content (AvgIpc) is 2.67. The van der Waals surface area contributed by atoms with E-state index in [0.29, 0.717) is 32.4 Å². The third kappa shape index (κ3) is 4.03. The van der Waals surface area contributed by atoms with Gasteiger partial charge in [0.15, 0.2) is 0 Å². The molecule has 5 heteroatoms. The molecule has 136 valence electrons. The van der Waals surface area contributed by atoms with Crippen LogP contribution >= 0.6 is 0 Å². The van der Waals surface area contributed by atoms with Crippen molar-refractivity contribution in [1.82, 2.24) is 4.90 Å². The molecule has 1 amide bonds. The third-order valence-corrected chi connectivity index (χ3v) is 5.66. The summed E-state index contributed by atoms with van der Waals surface area (Å²) in [6.07, 6.45) is 5.77. The van der Waals surface area contributed by atoms with Gasteiger partial charge in [0.05, 0.1) is 11.5 Å². The van der Waals surface area contributed by atoms with E-state index >= 15 is 0 Å². The monoisotopic (exact) mass is 345 g/mol. The smallest absolute Gasteiger partial charge is 0.314 e. The second-order valence-corrected chi connectivity index (χ2v) is 7.16. The summed E-state index contributed by atoms with van der Waals surface area (Å²) in [6, 6.07) is 9.41. The molecule has 1 atom stereocenters. The van der Waals surface area contributed by atoms with Crippen LogP contribution in [0.1, 0.15) is 50.5 Å². The molecule has 1 unspecified atom stereocenters. The van der Waals surface area contributed by atoms with Gasteiger partial charge in [0, 0.05) is 26.1 Å². The molecular formula is C20H27NO4.